The van der Waals surface area contributed by atoms with E-state index in [4.69, 9.17) is 0 Å². The van der Waals surface area contributed by atoms with Gasteiger partial charge in [0.25, 0.3) is 0 Å². The minimum atomic E-state index is -0.342. The van der Waals surface area contributed by atoms with Crippen molar-refractivity contribution in [2.45, 2.75) is 38.5 Å². The highest BCUT2D eigenvalue weighted by Crippen LogP contribution is 2.59. The fourth-order valence-corrected chi connectivity index (χ4v) is 16.3. The topological polar surface area (TPSA) is 16.3 Å². The number of anilines is 6. The fraction of sp³-hybridized carbons (Fsp3) is 0.0714. The van der Waals surface area contributed by atoms with Crippen LogP contribution in [0.2, 0.25) is 0 Å². The first kappa shape index (κ1) is 49.3. The zero-order chi connectivity index (χ0) is 58.3. The fourth-order valence-electron chi connectivity index (χ4n) is 16.3. The van der Waals surface area contributed by atoms with E-state index in [1.807, 2.05) is 0 Å². The van der Waals surface area contributed by atoms with E-state index in [-0.39, 0.29) is 10.8 Å². The lowest BCUT2D eigenvalue weighted by molar-refractivity contribution is 0.632. The average Bonchev–Trinajstić information content (AvgIpc) is 1.44. The van der Waals surface area contributed by atoms with E-state index in [9.17, 15) is 0 Å². The molecule has 15 aromatic carbocycles. The second-order valence-corrected chi connectivity index (χ2v) is 25.6. The third-order valence-corrected chi connectivity index (χ3v) is 20.3. The summed E-state index contributed by atoms with van der Waals surface area (Å²) in [5.41, 5.74) is 18.4. The Bertz CT molecular complexity index is 5880. The molecule has 17 aromatic rings. The lowest BCUT2D eigenvalue weighted by atomic mass is 9.73. The van der Waals surface area contributed by atoms with Gasteiger partial charge in [-0.3, -0.25) is 0 Å². The maximum absolute atomic E-state index is 2.60. The SMILES string of the molecule is CC1(C)c2ccccc2N(c2cccc(N3c4ccccc4C(C)(C)c4ccc5c6cc7c8ccccc8c8ccccc8c7cc6n(-c6ccccc6)c5c43)c2)c2cc3c(cc21)c1cc2c4ccccc4c4ccccc4c2cc1n3-c1ccccc1. The van der Waals surface area contributed by atoms with E-state index < -0.39 is 0 Å². The van der Waals surface area contributed by atoms with Gasteiger partial charge in [0.1, 0.15) is 0 Å². The Kier molecular flexibility index (Phi) is 9.99. The summed E-state index contributed by atoms with van der Waals surface area (Å²) >= 11 is 0. The molecule has 2 aromatic heterocycles. The first-order valence-corrected chi connectivity index (χ1v) is 30.9. The number of rotatable bonds is 4. The highest BCUT2D eigenvalue weighted by molar-refractivity contribution is 6.31. The first-order valence-electron chi connectivity index (χ1n) is 30.9. The number of hydrogen-bond acceptors (Lipinski definition) is 2. The third-order valence-electron chi connectivity index (χ3n) is 20.3. The van der Waals surface area contributed by atoms with Crippen LogP contribution in [0.4, 0.5) is 34.1 Å². The largest absolute Gasteiger partial charge is 0.310 e. The van der Waals surface area contributed by atoms with Crippen LogP contribution in [0.15, 0.2) is 279 Å². The summed E-state index contributed by atoms with van der Waals surface area (Å²) in [6.07, 6.45) is 0. The molecule has 2 aliphatic rings. The molecule has 19 rings (SSSR count). The standard InChI is InChI=1S/C84H58N4/c1-83(2)72-39-20-22-41-76(72)88(82-73(83)43-42-63-68-45-64-59-34-15-11-30-55(59)58-33-14-18-37-62(58)67(64)49-78(68)87(81(63)82)52-26-9-6-10-27-52)54-29-23-28-53(44-54)86-75-40-21-19-38-71(75)84(3,4)74-47-70-69-46-65-60-35-16-12-31-56(60)57-32-13-17-36-61(57)66(65)48-77(69)85(79(70)50-80(74)86)51-24-7-5-8-25-51/h5-50H,1-4H3. The predicted molar refractivity (Wildman–Crippen MR) is 374 cm³/mol. The number of benzene rings is 15. The molecule has 0 fully saturated rings. The van der Waals surface area contributed by atoms with Crippen LogP contribution >= 0.6 is 0 Å². The molecule has 4 heterocycles. The Morgan fingerprint density at radius 1 is 0.216 bits per heavy atom. The molecule has 0 aliphatic carbocycles. The average molecular weight is 1120 g/mol. The van der Waals surface area contributed by atoms with Gasteiger partial charge in [-0.25, -0.2) is 0 Å². The molecule has 88 heavy (non-hydrogen) atoms. The van der Waals surface area contributed by atoms with Crippen molar-refractivity contribution in [1.82, 2.24) is 9.13 Å². The van der Waals surface area contributed by atoms with Gasteiger partial charge >= 0.3 is 0 Å². The van der Waals surface area contributed by atoms with Crippen LogP contribution in [0.5, 0.6) is 0 Å². The van der Waals surface area contributed by atoms with Crippen LogP contribution in [-0.2, 0) is 10.8 Å². The van der Waals surface area contributed by atoms with Crippen LogP contribution in [0.25, 0.3) is 120 Å². The normalized spacial score (nSPS) is 14.3. The summed E-state index contributed by atoms with van der Waals surface area (Å²) in [4.78, 5) is 5.16. The number of nitrogens with zero attached hydrogens (tertiary/aromatic N) is 4. The van der Waals surface area contributed by atoms with Gasteiger partial charge in [0, 0.05) is 55.1 Å². The highest BCUT2D eigenvalue weighted by Gasteiger charge is 2.41. The molecule has 4 heteroatoms. The van der Waals surface area contributed by atoms with Gasteiger partial charge in [-0.05, 0) is 178 Å². The summed E-state index contributed by atoms with van der Waals surface area (Å²) in [6.45, 7) is 9.67. The summed E-state index contributed by atoms with van der Waals surface area (Å²) < 4.78 is 5.09. The quantitative estimate of drug-likeness (QED) is 0.163. The molecular formula is C84H58N4. The smallest absolute Gasteiger partial charge is 0.0785 e. The van der Waals surface area contributed by atoms with Gasteiger partial charge in [-0.1, -0.05) is 216 Å². The molecule has 0 N–H and O–H groups in total. The number of aromatic nitrogens is 2. The van der Waals surface area contributed by atoms with Crippen LogP contribution in [-0.4, -0.2) is 9.13 Å². The molecule has 0 atom stereocenters. The van der Waals surface area contributed by atoms with Crippen molar-refractivity contribution in [3.05, 3.63) is 301 Å². The molecule has 0 spiro atoms. The summed E-state index contributed by atoms with van der Waals surface area (Å²) in [5, 5.41) is 20.2. The summed E-state index contributed by atoms with van der Waals surface area (Å²) in [5.74, 6) is 0. The van der Waals surface area contributed by atoms with E-state index in [2.05, 4.69) is 326 Å². The van der Waals surface area contributed by atoms with Gasteiger partial charge in [0.05, 0.1) is 44.8 Å². The molecular weight excluding hydrogens is 1060 g/mol. The van der Waals surface area contributed by atoms with Crippen molar-refractivity contribution in [2.75, 3.05) is 9.80 Å². The minimum Gasteiger partial charge on any atom is -0.310 e. The molecule has 0 bridgehead atoms. The zero-order valence-electron chi connectivity index (χ0n) is 49.3. The van der Waals surface area contributed by atoms with Crippen LogP contribution in [0, 0.1) is 0 Å². The molecule has 4 nitrogen and oxygen atoms in total. The predicted octanol–water partition coefficient (Wildman–Crippen LogP) is 23.0. The maximum Gasteiger partial charge on any atom is 0.0785 e. The second-order valence-electron chi connectivity index (χ2n) is 25.6. The van der Waals surface area contributed by atoms with Crippen molar-refractivity contribution in [1.29, 1.82) is 0 Å². The Morgan fingerprint density at radius 2 is 0.591 bits per heavy atom. The lowest BCUT2D eigenvalue weighted by Crippen LogP contribution is -2.31. The second kappa shape index (κ2) is 17.8. The number of fused-ring (bicyclic) bond motifs is 23. The van der Waals surface area contributed by atoms with Gasteiger partial charge in [0.15, 0.2) is 0 Å². The lowest BCUT2D eigenvalue weighted by Gasteiger charge is -2.44. The van der Waals surface area contributed by atoms with Crippen LogP contribution < -0.4 is 9.80 Å². The number of hydrogen-bond donors (Lipinski definition) is 0. The van der Waals surface area contributed by atoms with Gasteiger partial charge in [0.2, 0.25) is 0 Å². The molecule has 414 valence electrons. The number of para-hydroxylation sites is 4. The van der Waals surface area contributed by atoms with Gasteiger partial charge < -0.3 is 18.9 Å². The van der Waals surface area contributed by atoms with E-state index >= 15 is 0 Å². The summed E-state index contributed by atoms with van der Waals surface area (Å²) in [6, 6.07) is 105. The van der Waals surface area contributed by atoms with E-state index in [0.29, 0.717) is 0 Å². The first-order chi connectivity index (χ1) is 43.2. The monoisotopic (exact) mass is 1120 g/mol. The molecule has 0 amide bonds. The van der Waals surface area contributed by atoms with Gasteiger partial charge in [-0.2, -0.15) is 0 Å². The molecule has 0 radical (unpaired) electrons. The van der Waals surface area contributed by atoms with Crippen molar-refractivity contribution >= 4 is 142 Å². The molecule has 0 saturated heterocycles. The van der Waals surface area contributed by atoms with Crippen molar-refractivity contribution in [2.24, 2.45) is 0 Å². The minimum absolute atomic E-state index is 0.339. The Balaban J connectivity index is 0.887. The molecule has 0 saturated carbocycles. The van der Waals surface area contributed by atoms with E-state index in [1.54, 1.807) is 0 Å². The van der Waals surface area contributed by atoms with Crippen molar-refractivity contribution in [3.63, 3.8) is 0 Å². The van der Waals surface area contributed by atoms with Crippen molar-refractivity contribution < 1.29 is 0 Å². The van der Waals surface area contributed by atoms with Crippen LogP contribution in [0.3, 0.4) is 0 Å². The Labute approximate surface area is 509 Å². The highest BCUT2D eigenvalue weighted by atomic mass is 15.2. The molecule has 2 aliphatic heterocycles. The van der Waals surface area contributed by atoms with Gasteiger partial charge in [-0.15, -0.1) is 0 Å². The third kappa shape index (κ3) is 6.58. The van der Waals surface area contributed by atoms with E-state index in [1.165, 1.54) is 153 Å². The summed E-state index contributed by atoms with van der Waals surface area (Å²) in [7, 11) is 0. The van der Waals surface area contributed by atoms with Crippen molar-refractivity contribution in [3.8, 4) is 11.4 Å². The van der Waals surface area contributed by atoms with Crippen LogP contribution in [0.1, 0.15) is 49.9 Å². The maximum atomic E-state index is 2.60. The molecule has 0 unspecified atom stereocenters. The Hall–Kier alpha value is -10.9. The van der Waals surface area contributed by atoms with E-state index in [0.717, 1.165) is 22.7 Å². The zero-order valence-corrected chi connectivity index (χ0v) is 49.3. The Morgan fingerprint density at radius 3 is 1.12 bits per heavy atom.